The van der Waals surface area contributed by atoms with Gasteiger partial charge in [0.15, 0.2) is 11.5 Å². The van der Waals surface area contributed by atoms with E-state index in [-0.39, 0.29) is 0 Å². The van der Waals surface area contributed by atoms with Crippen LogP contribution in [0.1, 0.15) is 11.1 Å². The van der Waals surface area contributed by atoms with Crippen LogP contribution in [0.25, 0.3) is 0 Å². The Morgan fingerprint density at radius 1 is 1.44 bits per heavy atom. The molecule has 0 aliphatic carbocycles. The average molecular weight is 244 g/mol. The monoisotopic (exact) mass is 243 g/mol. The largest absolute Gasteiger partial charge is 0.486 e. The molecule has 0 unspecified atom stereocenters. The zero-order chi connectivity index (χ0) is 11.5. The van der Waals surface area contributed by atoms with E-state index in [4.69, 9.17) is 27.0 Å². The molecule has 88 valence electrons. The van der Waals surface area contributed by atoms with Gasteiger partial charge < -0.3 is 14.3 Å². The van der Waals surface area contributed by atoms with Crippen LogP contribution in [-0.4, -0.2) is 19.8 Å². The molecule has 2 N–H and O–H groups in total. The molecular formula is C11H14ClNO3. The Bertz CT molecular complexity index is 395. The highest BCUT2D eigenvalue weighted by molar-refractivity contribution is 6.33. The SMILES string of the molecule is Cc1cc2c(c(Cl)c1CCON)OCCO2. The smallest absolute Gasteiger partial charge is 0.180 e. The Hall–Kier alpha value is -0.970. The maximum absolute atomic E-state index is 6.27. The standard InChI is InChI=1S/C11H14ClNO3/c1-7-6-9-11(15-5-4-14-9)10(12)8(7)2-3-16-13/h6H,2-5,13H2,1H3. The van der Waals surface area contributed by atoms with Gasteiger partial charge in [-0.25, -0.2) is 5.90 Å². The van der Waals surface area contributed by atoms with Crippen molar-refractivity contribution in [3.8, 4) is 11.5 Å². The first kappa shape index (κ1) is 11.5. The lowest BCUT2D eigenvalue weighted by molar-refractivity contribution is 0.140. The third kappa shape index (κ3) is 2.09. The minimum absolute atomic E-state index is 0.431. The molecule has 1 aromatic carbocycles. The molecule has 0 atom stereocenters. The van der Waals surface area contributed by atoms with Gasteiger partial charge in [0.25, 0.3) is 0 Å². The maximum Gasteiger partial charge on any atom is 0.180 e. The summed E-state index contributed by atoms with van der Waals surface area (Å²) in [7, 11) is 0. The molecule has 1 aliphatic heterocycles. The molecule has 0 amide bonds. The lowest BCUT2D eigenvalue weighted by atomic mass is 10.0. The second kappa shape index (κ2) is 4.91. The summed E-state index contributed by atoms with van der Waals surface area (Å²) in [5, 5.41) is 0.603. The van der Waals surface area contributed by atoms with E-state index in [1.165, 1.54) is 0 Å². The quantitative estimate of drug-likeness (QED) is 0.824. The number of halogens is 1. The Labute approximate surface area is 99.2 Å². The number of fused-ring (bicyclic) bond motifs is 1. The second-order valence-corrected chi connectivity index (χ2v) is 4.01. The van der Waals surface area contributed by atoms with Gasteiger partial charge in [-0.3, -0.25) is 0 Å². The van der Waals surface area contributed by atoms with Crippen molar-refractivity contribution in [2.24, 2.45) is 5.90 Å². The normalized spacial score (nSPS) is 13.9. The van der Waals surface area contributed by atoms with Gasteiger partial charge in [0, 0.05) is 0 Å². The molecule has 5 heteroatoms. The van der Waals surface area contributed by atoms with Crippen molar-refractivity contribution in [2.45, 2.75) is 13.3 Å². The van der Waals surface area contributed by atoms with Gasteiger partial charge in [-0.15, -0.1) is 0 Å². The van der Waals surface area contributed by atoms with Gasteiger partial charge in [0.2, 0.25) is 0 Å². The third-order valence-electron chi connectivity index (χ3n) is 2.57. The zero-order valence-electron chi connectivity index (χ0n) is 9.09. The Kier molecular flexibility index (Phi) is 3.53. The molecule has 2 rings (SSSR count). The minimum Gasteiger partial charge on any atom is -0.486 e. The van der Waals surface area contributed by atoms with Crippen LogP contribution in [0, 0.1) is 6.92 Å². The fraction of sp³-hybridized carbons (Fsp3) is 0.455. The predicted molar refractivity (Wildman–Crippen MR) is 61.0 cm³/mol. The number of rotatable bonds is 3. The average Bonchev–Trinajstić information content (AvgIpc) is 2.29. The van der Waals surface area contributed by atoms with E-state index in [0.717, 1.165) is 11.1 Å². The first-order valence-electron chi connectivity index (χ1n) is 5.13. The van der Waals surface area contributed by atoms with E-state index < -0.39 is 0 Å². The molecule has 0 saturated carbocycles. The van der Waals surface area contributed by atoms with Crippen molar-refractivity contribution in [1.29, 1.82) is 0 Å². The van der Waals surface area contributed by atoms with Crippen LogP contribution >= 0.6 is 11.6 Å². The molecule has 0 aromatic heterocycles. The van der Waals surface area contributed by atoms with Crippen LogP contribution in [0.15, 0.2) is 6.07 Å². The number of hydrogen-bond donors (Lipinski definition) is 1. The van der Waals surface area contributed by atoms with E-state index in [2.05, 4.69) is 4.84 Å². The lowest BCUT2D eigenvalue weighted by Crippen LogP contribution is -2.17. The van der Waals surface area contributed by atoms with Crippen molar-refractivity contribution in [1.82, 2.24) is 0 Å². The van der Waals surface area contributed by atoms with E-state index >= 15 is 0 Å². The summed E-state index contributed by atoms with van der Waals surface area (Å²) < 4.78 is 11.0. The fourth-order valence-corrected chi connectivity index (χ4v) is 2.16. The number of aryl methyl sites for hydroxylation is 1. The fourth-order valence-electron chi connectivity index (χ4n) is 1.77. The summed E-state index contributed by atoms with van der Waals surface area (Å²) in [6.07, 6.45) is 0.664. The van der Waals surface area contributed by atoms with E-state index in [0.29, 0.717) is 42.8 Å². The van der Waals surface area contributed by atoms with Crippen molar-refractivity contribution in [3.63, 3.8) is 0 Å². The zero-order valence-corrected chi connectivity index (χ0v) is 9.84. The lowest BCUT2D eigenvalue weighted by Gasteiger charge is -2.22. The first-order valence-corrected chi connectivity index (χ1v) is 5.51. The molecule has 4 nitrogen and oxygen atoms in total. The number of ether oxygens (including phenoxy) is 2. The molecule has 0 fully saturated rings. The predicted octanol–water partition coefficient (Wildman–Crippen LogP) is 1.85. The van der Waals surface area contributed by atoms with Crippen molar-refractivity contribution >= 4 is 11.6 Å². The molecule has 0 radical (unpaired) electrons. The summed E-state index contributed by atoms with van der Waals surface area (Å²) in [5.74, 6) is 6.36. The molecular weight excluding hydrogens is 230 g/mol. The molecule has 16 heavy (non-hydrogen) atoms. The summed E-state index contributed by atoms with van der Waals surface area (Å²) in [6, 6.07) is 1.94. The van der Waals surface area contributed by atoms with Crippen molar-refractivity contribution in [2.75, 3.05) is 19.8 Å². The van der Waals surface area contributed by atoms with Crippen LogP contribution in [0.2, 0.25) is 5.02 Å². The molecule has 1 aromatic rings. The highest BCUT2D eigenvalue weighted by Crippen LogP contribution is 2.41. The highest BCUT2D eigenvalue weighted by Gasteiger charge is 2.20. The number of hydrogen-bond acceptors (Lipinski definition) is 4. The van der Waals surface area contributed by atoms with E-state index in [1.807, 2.05) is 13.0 Å². The summed E-state index contributed by atoms with van der Waals surface area (Å²) in [4.78, 5) is 4.57. The summed E-state index contributed by atoms with van der Waals surface area (Å²) in [5.41, 5.74) is 2.06. The topological polar surface area (TPSA) is 53.7 Å². The van der Waals surface area contributed by atoms with Gasteiger partial charge in [-0.2, -0.15) is 0 Å². The van der Waals surface area contributed by atoms with Crippen LogP contribution in [0.4, 0.5) is 0 Å². The Morgan fingerprint density at radius 2 is 2.19 bits per heavy atom. The molecule has 0 saturated heterocycles. The van der Waals surface area contributed by atoms with Gasteiger partial charge in [-0.05, 0) is 30.5 Å². The summed E-state index contributed by atoms with van der Waals surface area (Å²) >= 11 is 6.27. The number of nitrogens with two attached hydrogens (primary N) is 1. The Balaban J connectivity index is 2.37. The molecule has 0 spiro atoms. The first-order chi connectivity index (χ1) is 7.74. The Morgan fingerprint density at radius 3 is 2.94 bits per heavy atom. The van der Waals surface area contributed by atoms with Crippen LogP contribution in [0.3, 0.4) is 0 Å². The maximum atomic E-state index is 6.27. The third-order valence-corrected chi connectivity index (χ3v) is 2.97. The van der Waals surface area contributed by atoms with Gasteiger partial charge in [0.1, 0.15) is 13.2 Å². The van der Waals surface area contributed by atoms with Gasteiger partial charge >= 0.3 is 0 Å². The van der Waals surface area contributed by atoms with Crippen molar-refractivity contribution in [3.05, 3.63) is 22.2 Å². The molecule has 0 bridgehead atoms. The van der Waals surface area contributed by atoms with Crippen LogP contribution in [0.5, 0.6) is 11.5 Å². The second-order valence-electron chi connectivity index (χ2n) is 3.63. The minimum atomic E-state index is 0.431. The number of benzene rings is 1. The van der Waals surface area contributed by atoms with Gasteiger partial charge in [-0.1, -0.05) is 11.6 Å². The molecule has 1 heterocycles. The van der Waals surface area contributed by atoms with Crippen LogP contribution < -0.4 is 15.4 Å². The van der Waals surface area contributed by atoms with Crippen molar-refractivity contribution < 1.29 is 14.3 Å². The van der Waals surface area contributed by atoms with Gasteiger partial charge in [0.05, 0.1) is 11.6 Å². The highest BCUT2D eigenvalue weighted by atomic mass is 35.5. The van der Waals surface area contributed by atoms with E-state index in [1.54, 1.807) is 0 Å². The summed E-state index contributed by atoms with van der Waals surface area (Å²) in [6.45, 7) is 3.51. The van der Waals surface area contributed by atoms with Crippen LogP contribution in [-0.2, 0) is 11.3 Å². The molecule has 1 aliphatic rings. The van der Waals surface area contributed by atoms with E-state index in [9.17, 15) is 0 Å².